The van der Waals surface area contributed by atoms with E-state index in [1.165, 1.54) is 6.07 Å². The lowest BCUT2D eigenvalue weighted by Crippen LogP contribution is -2.20. The molecule has 2 aromatic carbocycles. The second-order valence-corrected chi connectivity index (χ2v) is 9.49. The Morgan fingerprint density at radius 1 is 1.15 bits per heavy atom. The Kier molecular flexibility index (Phi) is 5.29. The standard InChI is InChI=1S/C19H22N2O3S2/c1-12(2)14-4-6-15(7-5-14)21-26(23,24)16-8-9-18-17(10-16)20-19(22)13(3)11-25-18/h4-10,12-13,21H,11H2,1-3H3,(H,20,22). The molecule has 1 aliphatic rings. The number of sulfonamides is 1. The molecule has 1 heterocycles. The molecule has 26 heavy (non-hydrogen) atoms. The zero-order valence-electron chi connectivity index (χ0n) is 14.9. The number of carbonyl (C=O) groups is 1. The highest BCUT2D eigenvalue weighted by Gasteiger charge is 2.23. The number of nitrogens with one attached hydrogen (secondary N) is 2. The number of thioether (sulfide) groups is 1. The molecule has 5 nitrogen and oxygen atoms in total. The fourth-order valence-corrected chi connectivity index (χ4v) is 4.69. The molecule has 0 spiro atoms. The van der Waals surface area contributed by atoms with Crippen LogP contribution in [0.1, 0.15) is 32.3 Å². The van der Waals surface area contributed by atoms with E-state index in [0.29, 0.717) is 23.0 Å². The number of hydrogen-bond donors (Lipinski definition) is 2. The second-order valence-electron chi connectivity index (χ2n) is 6.74. The zero-order chi connectivity index (χ0) is 18.9. The highest BCUT2D eigenvalue weighted by molar-refractivity contribution is 7.99. The van der Waals surface area contributed by atoms with Crippen molar-refractivity contribution in [1.29, 1.82) is 0 Å². The van der Waals surface area contributed by atoms with E-state index in [0.717, 1.165) is 10.5 Å². The van der Waals surface area contributed by atoms with Crippen LogP contribution in [-0.2, 0) is 14.8 Å². The summed E-state index contributed by atoms with van der Waals surface area (Å²) in [5.41, 5.74) is 2.20. The van der Waals surface area contributed by atoms with Crippen molar-refractivity contribution in [1.82, 2.24) is 0 Å². The summed E-state index contributed by atoms with van der Waals surface area (Å²) in [6.45, 7) is 6.03. The van der Waals surface area contributed by atoms with Crippen LogP contribution >= 0.6 is 11.8 Å². The van der Waals surface area contributed by atoms with Crippen molar-refractivity contribution in [3.05, 3.63) is 48.0 Å². The van der Waals surface area contributed by atoms with Crippen molar-refractivity contribution in [2.24, 2.45) is 5.92 Å². The van der Waals surface area contributed by atoms with E-state index < -0.39 is 10.0 Å². The van der Waals surface area contributed by atoms with Gasteiger partial charge in [-0.15, -0.1) is 11.8 Å². The van der Waals surface area contributed by atoms with Crippen LogP contribution in [0.2, 0.25) is 0 Å². The van der Waals surface area contributed by atoms with Gasteiger partial charge in [-0.3, -0.25) is 9.52 Å². The predicted octanol–water partition coefficient (Wildman–Crippen LogP) is 4.29. The normalized spacial score (nSPS) is 17.4. The number of amides is 1. The minimum absolute atomic E-state index is 0.0944. The summed E-state index contributed by atoms with van der Waals surface area (Å²) >= 11 is 1.55. The molecule has 0 fully saturated rings. The van der Waals surface area contributed by atoms with Crippen LogP contribution in [0.25, 0.3) is 0 Å². The van der Waals surface area contributed by atoms with Crippen molar-refractivity contribution in [3.63, 3.8) is 0 Å². The van der Waals surface area contributed by atoms with Gasteiger partial charge in [0.25, 0.3) is 10.0 Å². The van der Waals surface area contributed by atoms with Gasteiger partial charge in [0, 0.05) is 22.3 Å². The average Bonchev–Trinajstić information content (AvgIpc) is 2.73. The van der Waals surface area contributed by atoms with Gasteiger partial charge in [0.05, 0.1) is 10.6 Å². The Morgan fingerprint density at radius 2 is 1.85 bits per heavy atom. The molecule has 2 N–H and O–H groups in total. The van der Waals surface area contributed by atoms with Gasteiger partial charge < -0.3 is 5.32 Å². The molecule has 0 saturated carbocycles. The maximum Gasteiger partial charge on any atom is 0.261 e. The molecule has 1 unspecified atom stereocenters. The molecular weight excluding hydrogens is 368 g/mol. The Morgan fingerprint density at radius 3 is 2.50 bits per heavy atom. The number of anilines is 2. The van der Waals surface area contributed by atoms with Crippen molar-refractivity contribution < 1.29 is 13.2 Å². The van der Waals surface area contributed by atoms with Crippen LogP contribution in [-0.4, -0.2) is 20.1 Å². The molecule has 0 radical (unpaired) electrons. The molecule has 0 saturated heterocycles. The first kappa shape index (κ1) is 18.8. The van der Waals surface area contributed by atoms with Crippen LogP contribution in [0, 0.1) is 5.92 Å². The van der Waals surface area contributed by atoms with E-state index in [4.69, 9.17) is 0 Å². The third kappa shape index (κ3) is 4.04. The van der Waals surface area contributed by atoms with Gasteiger partial charge in [-0.05, 0) is 41.8 Å². The Balaban J connectivity index is 1.86. The molecular formula is C19H22N2O3S2. The Bertz CT molecular complexity index is 922. The lowest BCUT2D eigenvalue weighted by molar-refractivity contribution is -0.118. The summed E-state index contributed by atoms with van der Waals surface area (Å²) in [5, 5.41) is 2.82. The number of rotatable bonds is 4. The van der Waals surface area contributed by atoms with E-state index in [1.807, 2.05) is 19.1 Å². The van der Waals surface area contributed by atoms with Crippen molar-refractivity contribution >= 4 is 39.1 Å². The lowest BCUT2D eigenvalue weighted by atomic mass is 10.0. The van der Waals surface area contributed by atoms with Gasteiger partial charge in [0.1, 0.15) is 0 Å². The van der Waals surface area contributed by atoms with Gasteiger partial charge in [-0.2, -0.15) is 0 Å². The maximum absolute atomic E-state index is 12.7. The third-order valence-electron chi connectivity index (χ3n) is 4.29. The van der Waals surface area contributed by atoms with E-state index in [9.17, 15) is 13.2 Å². The first-order valence-electron chi connectivity index (χ1n) is 8.47. The topological polar surface area (TPSA) is 75.3 Å². The van der Waals surface area contributed by atoms with Gasteiger partial charge in [-0.1, -0.05) is 32.9 Å². The summed E-state index contributed by atoms with van der Waals surface area (Å²) in [5.74, 6) is 0.840. The zero-order valence-corrected chi connectivity index (χ0v) is 16.6. The summed E-state index contributed by atoms with van der Waals surface area (Å²) < 4.78 is 28.0. The minimum atomic E-state index is -3.73. The quantitative estimate of drug-likeness (QED) is 0.816. The molecule has 1 amide bonds. The first-order valence-corrected chi connectivity index (χ1v) is 10.9. The number of fused-ring (bicyclic) bond motifs is 1. The van der Waals surface area contributed by atoms with E-state index >= 15 is 0 Å². The van der Waals surface area contributed by atoms with Crippen LogP contribution < -0.4 is 10.0 Å². The highest BCUT2D eigenvalue weighted by atomic mass is 32.2. The SMILES string of the molecule is CC1CSc2ccc(S(=O)(=O)Nc3ccc(C(C)C)cc3)cc2NC1=O. The van der Waals surface area contributed by atoms with E-state index in [-0.39, 0.29) is 16.7 Å². The fraction of sp³-hybridized carbons (Fsp3) is 0.316. The molecule has 1 aliphatic heterocycles. The number of benzene rings is 2. The van der Waals surface area contributed by atoms with E-state index in [2.05, 4.69) is 23.9 Å². The summed E-state index contributed by atoms with van der Waals surface area (Å²) in [6.07, 6.45) is 0. The second kappa shape index (κ2) is 7.32. The Hall–Kier alpha value is -1.99. The van der Waals surface area contributed by atoms with Crippen LogP contribution in [0.3, 0.4) is 0 Å². The van der Waals surface area contributed by atoms with Crippen LogP contribution in [0.5, 0.6) is 0 Å². The molecule has 1 atom stereocenters. The third-order valence-corrected chi connectivity index (χ3v) is 7.00. The monoisotopic (exact) mass is 390 g/mol. The van der Waals surface area contributed by atoms with Gasteiger partial charge in [0.2, 0.25) is 5.91 Å². The van der Waals surface area contributed by atoms with Crippen molar-refractivity contribution in [2.75, 3.05) is 15.8 Å². The van der Waals surface area contributed by atoms with Crippen LogP contribution in [0.4, 0.5) is 11.4 Å². The van der Waals surface area contributed by atoms with Crippen molar-refractivity contribution in [3.8, 4) is 0 Å². The van der Waals surface area contributed by atoms with Gasteiger partial charge in [-0.25, -0.2) is 8.42 Å². The van der Waals surface area contributed by atoms with Gasteiger partial charge in [0.15, 0.2) is 0 Å². The number of hydrogen-bond acceptors (Lipinski definition) is 4. The largest absolute Gasteiger partial charge is 0.325 e. The van der Waals surface area contributed by atoms with Crippen LogP contribution in [0.15, 0.2) is 52.3 Å². The molecule has 7 heteroatoms. The molecule has 2 aromatic rings. The minimum Gasteiger partial charge on any atom is -0.325 e. The van der Waals surface area contributed by atoms with Crippen molar-refractivity contribution in [2.45, 2.75) is 36.5 Å². The first-order chi connectivity index (χ1) is 12.3. The smallest absolute Gasteiger partial charge is 0.261 e. The lowest BCUT2D eigenvalue weighted by Gasteiger charge is -2.12. The molecule has 0 aromatic heterocycles. The number of carbonyl (C=O) groups excluding carboxylic acids is 1. The average molecular weight is 391 g/mol. The summed E-state index contributed by atoms with van der Waals surface area (Å²) in [6, 6.07) is 12.2. The highest BCUT2D eigenvalue weighted by Crippen LogP contribution is 2.34. The molecule has 138 valence electrons. The fourth-order valence-electron chi connectivity index (χ4n) is 2.60. The molecule has 3 rings (SSSR count). The van der Waals surface area contributed by atoms with Gasteiger partial charge >= 0.3 is 0 Å². The Labute approximate surface area is 158 Å². The predicted molar refractivity (Wildman–Crippen MR) is 106 cm³/mol. The van der Waals surface area contributed by atoms with E-state index in [1.54, 1.807) is 36.0 Å². The summed E-state index contributed by atoms with van der Waals surface area (Å²) in [7, 11) is -3.73. The molecule has 0 bridgehead atoms. The molecule has 0 aliphatic carbocycles. The summed E-state index contributed by atoms with van der Waals surface area (Å²) in [4.78, 5) is 13.0. The maximum atomic E-state index is 12.7.